The second kappa shape index (κ2) is 5.46. The van der Waals surface area contributed by atoms with Gasteiger partial charge in [0.25, 0.3) is 0 Å². The topological polar surface area (TPSA) is 29.3 Å². The quantitative estimate of drug-likeness (QED) is 0.769. The molecule has 1 heterocycles. The highest BCUT2D eigenvalue weighted by Crippen LogP contribution is 2.37. The number of likely N-dealkylation sites (tertiary alicyclic amines) is 1. The van der Waals surface area contributed by atoms with E-state index in [1.54, 1.807) is 0 Å². The van der Waals surface area contributed by atoms with Crippen LogP contribution in [0.15, 0.2) is 0 Å². The monoisotopic (exact) mass is 240 g/mol. The summed E-state index contributed by atoms with van der Waals surface area (Å²) >= 11 is 5.35. The van der Waals surface area contributed by atoms with Crippen LogP contribution in [0.5, 0.6) is 0 Å². The fourth-order valence-electron chi connectivity index (χ4n) is 3.26. The van der Waals surface area contributed by atoms with Crippen molar-refractivity contribution >= 4 is 17.2 Å². The van der Waals surface area contributed by atoms with Crippen LogP contribution >= 0.6 is 12.2 Å². The van der Waals surface area contributed by atoms with E-state index in [1.165, 1.54) is 64.5 Å². The molecule has 2 nitrogen and oxygen atoms in total. The van der Waals surface area contributed by atoms with Gasteiger partial charge in [-0.2, -0.15) is 0 Å². The van der Waals surface area contributed by atoms with E-state index in [0.717, 1.165) is 11.5 Å². The van der Waals surface area contributed by atoms with Crippen LogP contribution < -0.4 is 5.73 Å². The molecule has 0 amide bonds. The smallest absolute Gasteiger partial charge is 0.0802 e. The summed E-state index contributed by atoms with van der Waals surface area (Å²) in [6.07, 6.45) is 10.5. The Labute approximate surface area is 105 Å². The van der Waals surface area contributed by atoms with E-state index in [0.29, 0.717) is 0 Å². The zero-order chi connectivity index (χ0) is 11.4. The van der Waals surface area contributed by atoms with E-state index in [9.17, 15) is 0 Å². The Morgan fingerprint density at radius 2 is 1.56 bits per heavy atom. The van der Waals surface area contributed by atoms with E-state index in [1.807, 2.05) is 0 Å². The minimum atomic E-state index is 0.172. The van der Waals surface area contributed by atoms with Crippen LogP contribution in [0.25, 0.3) is 0 Å². The van der Waals surface area contributed by atoms with Gasteiger partial charge in [0.05, 0.1) is 4.99 Å². The summed E-state index contributed by atoms with van der Waals surface area (Å²) in [4.78, 5) is 3.37. The molecule has 0 unspecified atom stereocenters. The number of hydrogen-bond acceptors (Lipinski definition) is 2. The third-order valence-corrected chi connectivity index (χ3v) is 4.74. The fraction of sp³-hybridized carbons (Fsp3) is 0.923. The highest BCUT2D eigenvalue weighted by atomic mass is 32.1. The van der Waals surface area contributed by atoms with Crippen molar-refractivity contribution in [3.05, 3.63) is 0 Å². The van der Waals surface area contributed by atoms with Crippen molar-refractivity contribution < 1.29 is 0 Å². The SMILES string of the molecule is NC(=S)C1(CN2CCCCC2)CCCCC1. The zero-order valence-corrected chi connectivity index (χ0v) is 11.0. The molecule has 2 rings (SSSR count). The molecule has 3 heteroatoms. The molecule has 0 bridgehead atoms. The van der Waals surface area contributed by atoms with Crippen molar-refractivity contribution in [2.75, 3.05) is 19.6 Å². The first kappa shape index (κ1) is 12.3. The summed E-state index contributed by atoms with van der Waals surface area (Å²) in [7, 11) is 0. The largest absolute Gasteiger partial charge is 0.393 e. The van der Waals surface area contributed by atoms with Crippen molar-refractivity contribution in [1.29, 1.82) is 0 Å². The van der Waals surface area contributed by atoms with Gasteiger partial charge >= 0.3 is 0 Å². The van der Waals surface area contributed by atoms with Gasteiger partial charge in [-0.15, -0.1) is 0 Å². The summed E-state index contributed by atoms with van der Waals surface area (Å²) < 4.78 is 0. The Hall–Kier alpha value is -0.150. The van der Waals surface area contributed by atoms with Crippen LogP contribution in [-0.4, -0.2) is 29.5 Å². The first-order valence-corrected chi connectivity index (χ1v) is 7.16. The van der Waals surface area contributed by atoms with Crippen molar-refractivity contribution in [2.24, 2.45) is 11.1 Å². The molecular formula is C13H24N2S. The summed E-state index contributed by atoms with van der Waals surface area (Å²) in [5, 5.41) is 0. The highest BCUT2D eigenvalue weighted by molar-refractivity contribution is 7.80. The van der Waals surface area contributed by atoms with Crippen molar-refractivity contribution in [3.63, 3.8) is 0 Å². The van der Waals surface area contributed by atoms with Crippen LogP contribution in [0.4, 0.5) is 0 Å². The summed E-state index contributed by atoms with van der Waals surface area (Å²) in [5.74, 6) is 0. The van der Waals surface area contributed by atoms with Crippen LogP contribution in [-0.2, 0) is 0 Å². The van der Waals surface area contributed by atoms with Gasteiger partial charge < -0.3 is 10.6 Å². The molecular weight excluding hydrogens is 216 g/mol. The predicted octanol–water partition coefficient (Wildman–Crippen LogP) is 2.71. The van der Waals surface area contributed by atoms with Crippen LogP contribution in [0.1, 0.15) is 51.4 Å². The summed E-state index contributed by atoms with van der Waals surface area (Å²) in [6.45, 7) is 3.64. The van der Waals surface area contributed by atoms with Gasteiger partial charge in [0.1, 0.15) is 0 Å². The molecule has 0 spiro atoms. The molecule has 16 heavy (non-hydrogen) atoms. The molecule has 0 atom stereocenters. The number of nitrogens with two attached hydrogens (primary N) is 1. The van der Waals surface area contributed by atoms with Gasteiger partial charge in [0.2, 0.25) is 0 Å². The van der Waals surface area contributed by atoms with Crippen molar-refractivity contribution in [2.45, 2.75) is 51.4 Å². The molecule has 2 fully saturated rings. The molecule has 2 N–H and O–H groups in total. The normalized spacial score (nSPS) is 26.5. The Morgan fingerprint density at radius 3 is 2.12 bits per heavy atom. The van der Waals surface area contributed by atoms with Gasteiger partial charge in [-0.05, 0) is 38.8 Å². The Bertz CT molecular complexity index is 240. The summed E-state index contributed by atoms with van der Waals surface area (Å²) in [5.41, 5.74) is 6.20. The third kappa shape index (κ3) is 2.75. The first-order valence-electron chi connectivity index (χ1n) is 6.75. The van der Waals surface area contributed by atoms with E-state index in [-0.39, 0.29) is 5.41 Å². The lowest BCUT2D eigenvalue weighted by atomic mass is 9.73. The van der Waals surface area contributed by atoms with E-state index in [4.69, 9.17) is 18.0 Å². The lowest BCUT2D eigenvalue weighted by molar-refractivity contribution is 0.142. The predicted molar refractivity (Wildman–Crippen MR) is 72.6 cm³/mol. The molecule has 0 aromatic heterocycles. The summed E-state index contributed by atoms with van der Waals surface area (Å²) in [6, 6.07) is 0. The molecule has 92 valence electrons. The maximum atomic E-state index is 6.02. The molecule has 1 aliphatic heterocycles. The first-order chi connectivity index (χ1) is 7.73. The minimum absolute atomic E-state index is 0.172. The average Bonchev–Trinajstić information content (AvgIpc) is 2.31. The average molecular weight is 240 g/mol. The van der Waals surface area contributed by atoms with Crippen LogP contribution in [0.2, 0.25) is 0 Å². The van der Waals surface area contributed by atoms with Gasteiger partial charge in [-0.1, -0.05) is 37.9 Å². The third-order valence-electron chi connectivity index (χ3n) is 4.31. The molecule has 2 aliphatic rings. The number of rotatable bonds is 3. The van der Waals surface area contributed by atoms with Gasteiger partial charge in [0.15, 0.2) is 0 Å². The standard InChI is InChI=1S/C13H24N2S/c14-12(16)13(7-3-1-4-8-13)11-15-9-5-2-6-10-15/h1-11H2,(H2,14,16). The molecule has 1 saturated heterocycles. The van der Waals surface area contributed by atoms with E-state index >= 15 is 0 Å². The number of piperidine rings is 1. The number of hydrogen-bond donors (Lipinski definition) is 1. The van der Waals surface area contributed by atoms with Crippen molar-refractivity contribution in [3.8, 4) is 0 Å². The molecule has 1 aliphatic carbocycles. The second-order valence-corrected chi connectivity index (χ2v) is 5.98. The zero-order valence-electron chi connectivity index (χ0n) is 10.2. The van der Waals surface area contributed by atoms with E-state index in [2.05, 4.69) is 4.90 Å². The Balaban J connectivity index is 1.98. The second-order valence-electron chi connectivity index (χ2n) is 5.54. The number of nitrogens with zero attached hydrogens (tertiary/aromatic N) is 1. The molecule has 0 radical (unpaired) electrons. The minimum Gasteiger partial charge on any atom is -0.393 e. The lowest BCUT2D eigenvalue weighted by Crippen LogP contribution is -2.48. The van der Waals surface area contributed by atoms with E-state index < -0.39 is 0 Å². The highest BCUT2D eigenvalue weighted by Gasteiger charge is 2.36. The lowest BCUT2D eigenvalue weighted by Gasteiger charge is -2.41. The fourth-order valence-corrected chi connectivity index (χ4v) is 3.53. The number of thiocarbonyl (C=S) groups is 1. The van der Waals surface area contributed by atoms with Crippen LogP contribution in [0, 0.1) is 5.41 Å². The Kier molecular flexibility index (Phi) is 4.20. The molecule has 0 aromatic carbocycles. The molecule has 1 saturated carbocycles. The van der Waals surface area contributed by atoms with Gasteiger partial charge in [-0.3, -0.25) is 0 Å². The Morgan fingerprint density at radius 1 is 1.00 bits per heavy atom. The maximum Gasteiger partial charge on any atom is 0.0802 e. The van der Waals surface area contributed by atoms with Crippen LogP contribution in [0.3, 0.4) is 0 Å². The van der Waals surface area contributed by atoms with Gasteiger partial charge in [-0.25, -0.2) is 0 Å². The van der Waals surface area contributed by atoms with Gasteiger partial charge in [0, 0.05) is 12.0 Å². The molecule has 0 aromatic rings. The van der Waals surface area contributed by atoms with Crippen molar-refractivity contribution in [1.82, 2.24) is 4.90 Å². The maximum absolute atomic E-state index is 6.02.